The Bertz CT molecular complexity index is 626. The van der Waals surface area contributed by atoms with Gasteiger partial charge in [0.2, 0.25) is 5.91 Å². The fraction of sp³-hybridized carbons (Fsp3) is 0.188. The number of nitrogens with one attached hydrogen (secondary N) is 1. The second-order valence-corrected chi connectivity index (χ2v) is 4.93. The lowest BCUT2D eigenvalue weighted by Crippen LogP contribution is -2.15. The predicted molar refractivity (Wildman–Crippen MR) is 81.5 cm³/mol. The lowest BCUT2D eigenvalue weighted by molar-refractivity contribution is -0.115. The number of methoxy groups -OCH3 is 1. The zero-order valence-corrected chi connectivity index (χ0v) is 12.2. The standard InChI is InChI=1S/C16H16ClNO2/c1-11-7-8-13(17)10-14(11)18-16(19)9-12-5-3-4-6-15(12)20-2/h3-8,10H,9H2,1-2H3,(H,18,19). The summed E-state index contributed by atoms with van der Waals surface area (Å²) >= 11 is 5.94. The van der Waals surface area contributed by atoms with Gasteiger partial charge in [0.25, 0.3) is 0 Å². The number of rotatable bonds is 4. The summed E-state index contributed by atoms with van der Waals surface area (Å²) < 4.78 is 5.24. The summed E-state index contributed by atoms with van der Waals surface area (Å²) in [6, 6.07) is 12.9. The molecule has 2 aromatic carbocycles. The Labute approximate surface area is 123 Å². The van der Waals surface area contributed by atoms with Gasteiger partial charge in [-0.05, 0) is 30.7 Å². The molecule has 4 heteroatoms. The molecule has 0 aliphatic rings. The van der Waals surface area contributed by atoms with Crippen molar-refractivity contribution in [1.29, 1.82) is 0 Å². The van der Waals surface area contributed by atoms with Crippen molar-refractivity contribution < 1.29 is 9.53 Å². The van der Waals surface area contributed by atoms with Crippen LogP contribution in [0.4, 0.5) is 5.69 Å². The van der Waals surface area contributed by atoms with E-state index in [0.29, 0.717) is 10.8 Å². The van der Waals surface area contributed by atoms with Gasteiger partial charge in [-0.15, -0.1) is 0 Å². The van der Waals surface area contributed by atoms with E-state index in [1.165, 1.54) is 0 Å². The van der Waals surface area contributed by atoms with Crippen molar-refractivity contribution in [3.05, 3.63) is 58.6 Å². The summed E-state index contributed by atoms with van der Waals surface area (Å²) in [4.78, 5) is 12.1. The van der Waals surface area contributed by atoms with E-state index in [4.69, 9.17) is 16.3 Å². The SMILES string of the molecule is COc1ccccc1CC(=O)Nc1cc(Cl)ccc1C. The number of ether oxygens (including phenoxy) is 1. The smallest absolute Gasteiger partial charge is 0.228 e. The number of halogens is 1. The molecule has 0 saturated heterocycles. The van der Waals surface area contributed by atoms with E-state index in [0.717, 1.165) is 16.8 Å². The van der Waals surface area contributed by atoms with Gasteiger partial charge in [0, 0.05) is 16.3 Å². The first-order valence-electron chi connectivity index (χ1n) is 6.28. The van der Waals surface area contributed by atoms with Crippen LogP contribution in [0.3, 0.4) is 0 Å². The summed E-state index contributed by atoms with van der Waals surface area (Å²) in [6.07, 6.45) is 0.260. The van der Waals surface area contributed by atoms with Gasteiger partial charge >= 0.3 is 0 Å². The molecular formula is C16H16ClNO2. The van der Waals surface area contributed by atoms with Crippen LogP contribution in [0.5, 0.6) is 5.75 Å². The quantitative estimate of drug-likeness (QED) is 0.929. The molecule has 1 N–H and O–H groups in total. The normalized spacial score (nSPS) is 10.2. The lowest BCUT2D eigenvalue weighted by Gasteiger charge is -2.10. The minimum absolute atomic E-state index is 0.0973. The van der Waals surface area contributed by atoms with Gasteiger partial charge in [-0.2, -0.15) is 0 Å². The summed E-state index contributed by atoms with van der Waals surface area (Å²) in [6.45, 7) is 1.93. The Hall–Kier alpha value is -2.00. The van der Waals surface area contributed by atoms with E-state index in [2.05, 4.69) is 5.32 Å². The van der Waals surface area contributed by atoms with Crippen molar-refractivity contribution >= 4 is 23.2 Å². The van der Waals surface area contributed by atoms with Crippen LogP contribution in [-0.2, 0) is 11.2 Å². The highest BCUT2D eigenvalue weighted by molar-refractivity contribution is 6.31. The molecule has 2 rings (SSSR count). The van der Waals surface area contributed by atoms with Gasteiger partial charge in [0.1, 0.15) is 5.75 Å². The minimum atomic E-state index is -0.0973. The van der Waals surface area contributed by atoms with Crippen LogP contribution in [0.15, 0.2) is 42.5 Å². The molecule has 0 aromatic heterocycles. The maximum absolute atomic E-state index is 12.1. The first kappa shape index (κ1) is 14.4. The van der Waals surface area contributed by atoms with E-state index < -0.39 is 0 Å². The Kier molecular flexibility index (Phi) is 4.64. The van der Waals surface area contributed by atoms with E-state index in [1.54, 1.807) is 19.2 Å². The molecule has 0 aliphatic carbocycles. The largest absolute Gasteiger partial charge is 0.496 e. The van der Waals surface area contributed by atoms with Crippen LogP contribution < -0.4 is 10.1 Å². The van der Waals surface area contributed by atoms with Gasteiger partial charge < -0.3 is 10.1 Å². The van der Waals surface area contributed by atoms with Gasteiger partial charge in [-0.1, -0.05) is 35.9 Å². The Balaban J connectivity index is 2.11. The third-order valence-corrected chi connectivity index (χ3v) is 3.25. The average Bonchev–Trinajstić information content (AvgIpc) is 2.43. The fourth-order valence-corrected chi connectivity index (χ4v) is 2.12. The minimum Gasteiger partial charge on any atom is -0.496 e. The third-order valence-electron chi connectivity index (χ3n) is 3.02. The predicted octanol–water partition coefficient (Wildman–Crippen LogP) is 3.84. The van der Waals surface area contributed by atoms with Gasteiger partial charge in [-0.3, -0.25) is 4.79 Å². The van der Waals surface area contributed by atoms with Gasteiger partial charge in [-0.25, -0.2) is 0 Å². The molecule has 1 amide bonds. The summed E-state index contributed by atoms with van der Waals surface area (Å²) in [5.41, 5.74) is 2.56. The fourth-order valence-electron chi connectivity index (χ4n) is 1.95. The Morgan fingerprint density at radius 1 is 1.25 bits per heavy atom. The number of benzene rings is 2. The zero-order chi connectivity index (χ0) is 14.5. The summed E-state index contributed by atoms with van der Waals surface area (Å²) in [7, 11) is 1.60. The molecule has 3 nitrogen and oxygen atoms in total. The van der Waals surface area contributed by atoms with Crippen LogP contribution in [0.1, 0.15) is 11.1 Å². The first-order valence-corrected chi connectivity index (χ1v) is 6.66. The number of hydrogen-bond acceptors (Lipinski definition) is 2. The highest BCUT2D eigenvalue weighted by atomic mass is 35.5. The molecule has 104 valence electrons. The number of carbonyl (C=O) groups is 1. The maximum Gasteiger partial charge on any atom is 0.228 e. The van der Waals surface area contributed by atoms with Crippen LogP contribution in [0.25, 0.3) is 0 Å². The number of para-hydroxylation sites is 1. The molecule has 0 spiro atoms. The highest BCUT2D eigenvalue weighted by Gasteiger charge is 2.09. The zero-order valence-electron chi connectivity index (χ0n) is 11.4. The molecular weight excluding hydrogens is 274 g/mol. The number of amides is 1. The van der Waals surface area contributed by atoms with Gasteiger partial charge in [0.15, 0.2) is 0 Å². The molecule has 0 fully saturated rings. The maximum atomic E-state index is 12.1. The van der Waals surface area contributed by atoms with Crippen LogP contribution in [0.2, 0.25) is 5.02 Å². The second kappa shape index (κ2) is 6.44. The lowest BCUT2D eigenvalue weighted by atomic mass is 10.1. The van der Waals surface area contributed by atoms with Crippen LogP contribution in [0, 0.1) is 6.92 Å². The van der Waals surface area contributed by atoms with Crippen molar-refractivity contribution in [2.24, 2.45) is 0 Å². The van der Waals surface area contributed by atoms with Gasteiger partial charge in [0.05, 0.1) is 13.5 Å². The van der Waals surface area contributed by atoms with Crippen LogP contribution in [-0.4, -0.2) is 13.0 Å². The average molecular weight is 290 g/mol. The Morgan fingerprint density at radius 3 is 2.75 bits per heavy atom. The first-order chi connectivity index (χ1) is 9.60. The van der Waals surface area contributed by atoms with E-state index >= 15 is 0 Å². The second-order valence-electron chi connectivity index (χ2n) is 4.50. The number of carbonyl (C=O) groups excluding carboxylic acids is 1. The van der Waals surface area contributed by atoms with E-state index in [9.17, 15) is 4.79 Å². The number of anilines is 1. The van der Waals surface area contributed by atoms with Crippen molar-refractivity contribution in [2.45, 2.75) is 13.3 Å². The molecule has 0 saturated carbocycles. The monoisotopic (exact) mass is 289 g/mol. The molecule has 20 heavy (non-hydrogen) atoms. The topological polar surface area (TPSA) is 38.3 Å². The molecule has 0 heterocycles. The molecule has 2 aromatic rings. The van der Waals surface area contributed by atoms with Crippen molar-refractivity contribution in [3.63, 3.8) is 0 Å². The molecule has 0 unspecified atom stereocenters. The highest BCUT2D eigenvalue weighted by Crippen LogP contribution is 2.22. The number of aryl methyl sites for hydroxylation is 1. The number of hydrogen-bond donors (Lipinski definition) is 1. The van der Waals surface area contributed by atoms with Crippen molar-refractivity contribution in [2.75, 3.05) is 12.4 Å². The summed E-state index contributed by atoms with van der Waals surface area (Å²) in [5, 5.41) is 3.47. The van der Waals surface area contributed by atoms with Crippen molar-refractivity contribution in [1.82, 2.24) is 0 Å². The summed E-state index contributed by atoms with van der Waals surface area (Å²) in [5.74, 6) is 0.616. The van der Waals surface area contributed by atoms with E-state index in [1.807, 2.05) is 37.3 Å². The van der Waals surface area contributed by atoms with E-state index in [-0.39, 0.29) is 12.3 Å². The molecule has 0 atom stereocenters. The van der Waals surface area contributed by atoms with Crippen molar-refractivity contribution in [3.8, 4) is 5.75 Å². The molecule has 0 aliphatic heterocycles. The van der Waals surface area contributed by atoms with Crippen LogP contribution >= 0.6 is 11.6 Å². The Morgan fingerprint density at radius 2 is 2.00 bits per heavy atom. The third kappa shape index (κ3) is 3.52. The molecule has 0 bridgehead atoms. The molecule has 0 radical (unpaired) electrons.